The first-order valence-electron chi connectivity index (χ1n) is 7.29. The molecule has 0 N–H and O–H groups in total. The number of aromatic nitrogens is 3. The molecule has 1 aliphatic heterocycles. The number of halogens is 1. The molecule has 0 spiro atoms. The van der Waals surface area contributed by atoms with E-state index in [2.05, 4.69) is 10.1 Å². The third kappa shape index (κ3) is 2.55. The van der Waals surface area contributed by atoms with Crippen LogP contribution in [0.5, 0.6) is 0 Å². The van der Waals surface area contributed by atoms with E-state index in [9.17, 15) is 4.79 Å². The number of rotatable bonds is 3. The second kappa shape index (κ2) is 5.50. The normalized spacial score (nSPS) is 15.1. The molecule has 0 radical (unpaired) electrons. The summed E-state index contributed by atoms with van der Waals surface area (Å²) in [5, 5.41) is 6.08. The summed E-state index contributed by atoms with van der Waals surface area (Å²) < 4.78 is 1.77. The Morgan fingerprint density at radius 3 is 2.74 bits per heavy atom. The van der Waals surface area contributed by atoms with E-state index >= 15 is 0 Å². The van der Waals surface area contributed by atoms with Crippen molar-refractivity contribution >= 4 is 38.9 Å². The average molecular weight is 348 g/mol. The molecule has 0 unspecified atom stereocenters. The highest BCUT2D eigenvalue weighted by Crippen LogP contribution is 2.28. The molecule has 8 heteroatoms. The zero-order chi connectivity index (χ0) is 16.0. The number of anilines is 1. The van der Waals surface area contributed by atoms with Gasteiger partial charge in [-0.2, -0.15) is 0 Å². The number of nitrogens with zero attached hydrogens (tertiary/aromatic N) is 5. The second-order valence-corrected chi connectivity index (χ2v) is 6.70. The number of imidazole rings is 1. The van der Waals surface area contributed by atoms with E-state index in [0.717, 1.165) is 27.9 Å². The molecule has 1 fully saturated rings. The van der Waals surface area contributed by atoms with Crippen LogP contribution >= 0.6 is 22.9 Å². The van der Waals surface area contributed by atoms with Crippen molar-refractivity contribution in [1.82, 2.24) is 19.5 Å². The predicted molar refractivity (Wildman–Crippen MR) is 90.9 cm³/mol. The van der Waals surface area contributed by atoms with Crippen LogP contribution in [0, 0.1) is 0 Å². The topological polar surface area (TPSA) is 53.7 Å². The van der Waals surface area contributed by atoms with Crippen LogP contribution in [0.25, 0.3) is 16.2 Å². The van der Waals surface area contributed by atoms with Crippen molar-refractivity contribution in [2.45, 2.75) is 6.92 Å². The van der Waals surface area contributed by atoms with Crippen LogP contribution in [0.1, 0.15) is 6.92 Å². The molecule has 0 atom stereocenters. The molecule has 1 aromatic carbocycles. The van der Waals surface area contributed by atoms with Crippen molar-refractivity contribution in [2.75, 3.05) is 24.7 Å². The van der Waals surface area contributed by atoms with Crippen LogP contribution in [-0.4, -0.2) is 45.2 Å². The Balaban J connectivity index is 1.62. The number of benzene rings is 1. The fourth-order valence-corrected chi connectivity index (χ4v) is 3.58. The molecular weight excluding hydrogens is 334 g/mol. The molecule has 0 aliphatic carbocycles. The standard InChI is InChI=1S/C15H14ClN5OS/c1-2-19-9-20(8-13(19)22)15-18-21-7-12(17-14(21)23-15)10-3-5-11(16)6-4-10/h3-7H,2,8-9H2,1H3. The van der Waals surface area contributed by atoms with Crippen molar-refractivity contribution in [3.8, 4) is 11.3 Å². The molecule has 23 heavy (non-hydrogen) atoms. The first kappa shape index (κ1) is 14.5. The molecule has 3 heterocycles. The Morgan fingerprint density at radius 2 is 2.09 bits per heavy atom. The van der Waals surface area contributed by atoms with Crippen LogP contribution in [0.2, 0.25) is 5.02 Å². The van der Waals surface area contributed by atoms with Crippen LogP contribution < -0.4 is 4.90 Å². The van der Waals surface area contributed by atoms with Gasteiger partial charge in [0.1, 0.15) is 6.54 Å². The first-order chi connectivity index (χ1) is 11.1. The van der Waals surface area contributed by atoms with Gasteiger partial charge in [-0.25, -0.2) is 9.50 Å². The lowest BCUT2D eigenvalue weighted by atomic mass is 10.2. The first-order valence-corrected chi connectivity index (χ1v) is 8.48. The van der Waals surface area contributed by atoms with Crippen molar-refractivity contribution in [1.29, 1.82) is 0 Å². The monoisotopic (exact) mass is 347 g/mol. The van der Waals surface area contributed by atoms with Gasteiger partial charge in [0.25, 0.3) is 0 Å². The van der Waals surface area contributed by atoms with Gasteiger partial charge in [0, 0.05) is 17.1 Å². The van der Waals surface area contributed by atoms with Crippen LogP contribution in [-0.2, 0) is 4.79 Å². The fraction of sp³-hybridized carbons (Fsp3) is 0.267. The summed E-state index contributed by atoms with van der Waals surface area (Å²) in [6.45, 7) is 3.68. The van der Waals surface area contributed by atoms with Gasteiger partial charge >= 0.3 is 0 Å². The molecule has 4 rings (SSSR count). The Bertz CT molecular complexity index is 840. The number of likely N-dealkylation sites (N-methyl/N-ethyl adjacent to an activating group) is 1. The van der Waals surface area contributed by atoms with E-state index < -0.39 is 0 Å². The molecule has 2 aromatic heterocycles. The van der Waals surface area contributed by atoms with Crippen molar-refractivity contribution in [3.05, 3.63) is 35.5 Å². The molecule has 6 nitrogen and oxygen atoms in total. The minimum atomic E-state index is 0.141. The zero-order valence-corrected chi connectivity index (χ0v) is 14.0. The summed E-state index contributed by atoms with van der Waals surface area (Å²) in [5.74, 6) is 0.141. The fourth-order valence-electron chi connectivity index (χ4n) is 2.58. The summed E-state index contributed by atoms with van der Waals surface area (Å²) >= 11 is 7.40. The van der Waals surface area contributed by atoms with E-state index in [-0.39, 0.29) is 5.91 Å². The Labute approximate surface area is 141 Å². The molecule has 0 saturated carbocycles. The molecule has 118 valence electrons. The summed E-state index contributed by atoms with van der Waals surface area (Å²) in [4.78, 5) is 21.1. The van der Waals surface area contributed by atoms with Crippen LogP contribution in [0.15, 0.2) is 30.5 Å². The molecule has 3 aromatic rings. The maximum absolute atomic E-state index is 11.8. The van der Waals surface area contributed by atoms with Gasteiger partial charge in [-0.15, -0.1) is 5.10 Å². The third-order valence-corrected chi connectivity index (χ3v) is 5.08. The van der Waals surface area contributed by atoms with E-state index in [1.165, 1.54) is 11.3 Å². The highest BCUT2D eigenvalue weighted by atomic mass is 35.5. The maximum atomic E-state index is 11.8. The summed E-state index contributed by atoms with van der Waals surface area (Å²) in [6.07, 6.45) is 1.90. The van der Waals surface area contributed by atoms with Gasteiger partial charge in [0.2, 0.25) is 16.0 Å². The number of carbonyl (C=O) groups is 1. The highest BCUT2D eigenvalue weighted by molar-refractivity contribution is 7.20. The number of amides is 1. The van der Waals surface area contributed by atoms with Gasteiger partial charge in [0.15, 0.2) is 0 Å². The largest absolute Gasteiger partial charge is 0.324 e. The molecule has 1 amide bonds. The van der Waals surface area contributed by atoms with Gasteiger partial charge in [0.05, 0.1) is 18.6 Å². The quantitative estimate of drug-likeness (QED) is 0.731. The van der Waals surface area contributed by atoms with E-state index in [1.807, 2.05) is 47.2 Å². The number of carbonyl (C=O) groups excluding carboxylic acids is 1. The summed E-state index contributed by atoms with van der Waals surface area (Å²) in [7, 11) is 0. The Morgan fingerprint density at radius 1 is 1.30 bits per heavy atom. The van der Waals surface area contributed by atoms with E-state index in [1.54, 1.807) is 4.52 Å². The SMILES string of the molecule is CCN1CN(c2nn3cc(-c4ccc(Cl)cc4)nc3s2)CC1=O. The van der Waals surface area contributed by atoms with Gasteiger partial charge < -0.3 is 9.80 Å². The number of hydrogen-bond acceptors (Lipinski definition) is 5. The highest BCUT2D eigenvalue weighted by Gasteiger charge is 2.28. The number of hydrogen-bond donors (Lipinski definition) is 0. The van der Waals surface area contributed by atoms with Crippen LogP contribution in [0.3, 0.4) is 0 Å². The molecule has 1 aliphatic rings. The average Bonchev–Trinajstić information content (AvgIpc) is 3.20. The maximum Gasteiger partial charge on any atom is 0.243 e. The van der Waals surface area contributed by atoms with E-state index in [4.69, 9.17) is 11.6 Å². The molecular formula is C15H14ClN5OS. The van der Waals surface area contributed by atoms with E-state index in [0.29, 0.717) is 18.2 Å². The van der Waals surface area contributed by atoms with Crippen LogP contribution in [0.4, 0.5) is 5.13 Å². The lowest BCUT2D eigenvalue weighted by Crippen LogP contribution is -2.26. The summed E-state index contributed by atoms with van der Waals surface area (Å²) in [5.41, 5.74) is 1.86. The second-order valence-electron chi connectivity index (χ2n) is 5.33. The summed E-state index contributed by atoms with van der Waals surface area (Å²) in [6, 6.07) is 7.57. The van der Waals surface area contributed by atoms with Gasteiger partial charge in [-0.05, 0) is 19.1 Å². The lowest BCUT2D eigenvalue weighted by molar-refractivity contribution is -0.126. The third-order valence-electron chi connectivity index (χ3n) is 3.84. The Kier molecular flexibility index (Phi) is 3.46. The Hall–Kier alpha value is -2.12. The smallest absolute Gasteiger partial charge is 0.243 e. The lowest BCUT2D eigenvalue weighted by Gasteiger charge is -2.14. The number of fused-ring (bicyclic) bond motifs is 1. The van der Waals surface area contributed by atoms with Crippen molar-refractivity contribution in [3.63, 3.8) is 0 Å². The van der Waals surface area contributed by atoms with Crippen molar-refractivity contribution in [2.24, 2.45) is 0 Å². The van der Waals surface area contributed by atoms with Gasteiger partial charge in [-0.1, -0.05) is 35.1 Å². The van der Waals surface area contributed by atoms with Gasteiger partial charge in [-0.3, -0.25) is 4.79 Å². The minimum Gasteiger partial charge on any atom is -0.324 e. The molecule has 1 saturated heterocycles. The zero-order valence-electron chi connectivity index (χ0n) is 12.4. The predicted octanol–water partition coefficient (Wildman–Crippen LogP) is 2.74. The minimum absolute atomic E-state index is 0.141. The molecule has 0 bridgehead atoms. The van der Waals surface area contributed by atoms with Crippen molar-refractivity contribution < 1.29 is 4.79 Å².